The van der Waals surface area contributed by atoms with E-state index in [2.05, 4.69) is 20.9 Å². The number of hydrogen-bond donors (Lipinski definition) is 9. The highest BCUT2D eigenvalue weighted by Gasteiger charge is 2.30. The molecule has 226 valence electrons. The fraction of sp³-hybridized carbons (Fsp3) is 0.480. The summed E-state index contributed by atoms with van der Waals surface area (Å²) < 4.78 is 0. The molecule has 41 heavy (non-hydrogen) atoms. The second-order valence-corrected chi connectivity index (χ2v) is 9.28. The second kappa shape index (κ2) is 17.8. The molecule has 0 bridgehead atoms. The van der Waals surface area contributed by atoms with Gasteiger partial charge in [-0.05, 0) is 37.7 Å². The number of primary amides is 2. The van der Waals surface area contributed by atoms with Gasteiger partial charge in [-0.2, -0.15) is 0 Å². The molecule has 1 aromatic rings. The molecule has 0 radical (unpaired) electrons. The first-order chi connectivity index (χ1) is 19.3. The summed E-state index contributed by atoms with van der Waals surface area (Å²) in [7, 11) is 0. The van der Waals surface area contributed by atoms with Gasteiger partial charge in [0.2, 0.25) is 29.5 Å². The Morgan fingerprint density at radius 1 is 0.732 bits per heavy atom. The van der Waals surface area contributed by atoms with Gasteiger partial charge in [0, 0.05) is 19.4 Å². The summed E-state index contributed by atoms with van der Waals surface area (Å²) in [5.41, 5.74) is 27.7. The van der Waals surface area contributed by atoms with Crippen molar-refractivity contribution in [3.8, 4) is 0 Å². The molecule has 1 rings (SSSR count). The molecule has 4 atom stereocenters. The van der Waals surface area contributed by atoms with Crippen molar-refractivity contribution in [1.29, 1.82) is 0 Å². The molecule has 0 saturated carbocycles. The van der Waals surface area contributed by atoms with Crippen molar-refractivity contribution >= 4 is 41.5 Å². The largest absolute Gasteiger partial charge is 0.480 e. The zero-order valence-corrected chi connectivity index (χ0v) is 22.6. The van der Waals surface area contributed by atoms with Crippen molar-refractivity contribution in [3.63, 3.8) is 0 Å². The van der Waals surface area contributed by atoms with Gasteiger partial charge in [-0.25, -0.2) is 4.79 Å². The van der Waals surface area contributed by atoms with E-state index in [9.17, 15) is 33.9 Å². The molecular weight excluding hydrogens is 538 g/mol. The molecule has 0 saturated heterocycles. The Morgan fingerprint density at radius 2 is 1.22 bits per heavy atom. The standard InChI is InChI=1S/C25H39N9O7/c26-15(13-14-5-2-1-3-6-14)21(37)32-17(8-10-19(27)35)23(39)33-16(7-4-12-31-25(29)30)22(38)34-18(24(40)41)9-11-20(28)36/h1-3,5-6,15-18H,4,7-13,26H2,(H2,27,35)(H2,28,36)(H,32,37)(H,33,39)(H,34,38)(H,40,41)(H4,29,30,31). The predicted octanol–water partition coefficient (Wildman–Crippen LogP) is -3.32. The lowest BCUT2D eigenvalue weighted by Gasteiger charge is -2.25. The average molecular weight is 578 g/mol. The highest BCUT2D eigenvalue weighted by Crippen LogP contribution is 2.07. The lowest BCUT2D eigenvalue weighted by molar-refractivity contribution is -0.142. The molecule has 1 aromatic carbocycles. The monoisotopic (exact) mass is 577 g/mol. The van der Waals surface area contributed by atoms with Crippen LogP contribution in [0, 0.1) is 0 Å². The molecule has 0 spiro atoms. The molecule has 16 nitrogen and oxygen atoms in total. The maximum Gasteiger partial charge on any atom is 0.326 e. The van der Waals surface area contributed by atoms with E-state index in [0.29, 0.717) is 0 Å². The molecule has 16 heteroatoms. The Morgan fingerprint density at radius 3 is 1.73 bits per heavy atom. The van der Waals surface area contributed by atoms with Gasteiger partial charge in [0.05, 0.1) is 6.04 Å². The summed E-state index contributed by atoms with van der Waals surface area (Å²) in [6.07, 6.45) is -0.680. The fourth-order valence-corrected chi connectivity index (χ4v) is 3.66. The maximum atomic E-state index is 13.2. The van der Waals surface area contributed by atoms with Crippen molar-refractivity contribution in [3.05, 3.63) is 35.9 Å². The van der Waals surface area contributed by atoms with Gasteiger partial charge in [0.1, 0.15) is 18.1 Å². The van der Waals surface area contributed by atoms with Crippen LogP contribution in [0.3, 0.4) is 0 Å². The Kier molecular flexibility index (Phi) is 14.9. The first-order valence-corrected chi connectivity index (χ1v) is 12.9. The number of nitrogens with two attached hydrogens (primary N) is 5. The number of nitrogens with one attached hydrogen (secondary N) is 3. The zero-order chi connectivity index (χ0) is 30.9. The van der Waals surface area contributed by atoms with Crippen molar-refractivity contribution in [1.82, 2.24) is 16.0 Å². The van der Waals surface area contributed by atoms with E-state index in [1.165, 1.54) is 0 Å². The van der Waals surface area contributed by atoms with Crippen LogP contribution in [0.4, 0.5) is 0 Å². The van der Waals surface area contributed by atoms with Crippen LogP contribution in [0.15, 0.2) is 35.3 Å². The van der Waals surface area contributed by atoms with E-state index >= 15 is 0 Å². The van der Waals surface area contributed by atoms with E-state index in [4.69, 9.17) is 28.7 Å². The number of carboxylic acid groups (broad SMARTS) is 1. The second-order valence-electron chi connectivity index (χ2n) is 9.28. The van der Waals surface area contributed by atoms with Crippen molar-refractivity contribution in [2.45, 2.75) is 69.1 Å². The molecular formula is C25H39N9O7. The van der Waals surface area contributed by atoms with Gasteiger partial charge in [-0.1, -0.05) is 30.3 Å². The van der Waals surface area contributed by atoms with E-state index in [0.717, 1.165) is 5.56 Å². The summed E-state index contributed by atoms with van der Waals surface area (Å²) in [6.45, 7) is 0.0994. The van der Waals surface area contributed by atoms with Crippen LogP contribution in [0.2, 0.25) is 0 Å². The van der Waals surface area contributed by atoms with Crippen LogP contribution in [0.5, 0.6) is 0 Å². The van der Waals surface area contributed by atoms with Gasteiger partial charge in [0.25, 0.3) is 0 Å². The lowest BCUT2D eigenvalue weighted by Crippen LogP contribution is -2.57. The molecule has 0 aliphatic rings. The number of carbonyl (C=O) groups excluding carboxylic acids is 5. The third-order valence-electron chi connectivity index (χ3n) is 5.82. The highest BCUT2D eigenvalue weighted by molar-refractivity contribution is 5.94. The number of aliphatic imine (C=N–C) groups is 1. The highest BCUT2D eigenvalue weighted by atomic mass is 16.4. The van der Waals surface area contributed by atoms with Gasteiger partial charge in [-0.15, -0.1) is 0 Å². The smallest absolute Gasteiger partial charge is 0.326 e. The number of hydrogen-bond acceptors (Lipinski definition) is 8. The lowest BCUT2D eigenvalue weighted by atomic mass is 10.0. The number of aliphatic carboxylic acids is 1. The van der Waals surface area contributed by atoms with E-state index in [1.807, 2.05) is 0 Å². The molecule has 0 aliphatic carbocycles. The summed E-state index contributed by atoms with van der Waals surface area (Å²) in [6, 6.07) is 3.85. The first-order valence-electron chi connectivity index (χ1n) is 12.9. The van der Waals surface area contributed by atoms with Gasteiger partial charge in [0.15, 0.2) is 5.96 Å². The van der Waals surface area contributed by atoms with Crippen molar-refractivity contribution < 1.29 is 33.9 Å². The van der Waals surface area contributed by atoms with Crippen molar-refractivity contribution in [2.75, 3.05) is 6.54 Å². The van der Waals surface area contributed by atoms with Crippen LogP contribution >= 0.6 is 0 Å². The Hall–Kier alpha value is -4.73. The van der Waals surface area contributed by atoms with Crippen LogP contribution in [-0.4, -0.2) is 77.3 Å². The molecule has 0 aliphatic heterocycles. The number of benzene rings is 1. The number of rotatable bonds is 19. The Labute approximate surface area is 236 Å². The van der Waals surface area contributed by atoms with Gasteiger partial charge < -0.3 is 49.7 Å². The third-order valence-corrected chi connectivity index (χ3v) is 5.82. The van der Waals surface area contributed by atoms with E-state index < -0.39 is 59.7 Å². The molecule has 5 amide bonds. The fourth-order valence-electron chi connectivity index (χ4n) is 3.66. The van der Waals surface area contributed by atoms with Crippen LogP contribution in [-0.2, 0) is 35.2 Å². The minimum Gasteiger partial charge on any atom is -0.480 e. The first kappa shape index (κ1) is 34.3. The van der Waals surface area contributed by atoms with E-state index in [1.54, 1.807) is 30.3 Å². The summed E-state index contributed by atoms with van der Waals surface area (Å²) >= 11 is 0. The van der Waals surface area contributed by atoms with Crippen LogP contribution in [0.25, 0.3) is 0 Å². The SMILES string of the molecule is NC(=O)CCC(NC(=O)C(CCCN=C(N)N)NC(=O)C(CCC(N)=O)NC(=O)C(N)Cc1ccccc1)C(=O)O. The van der Waals surface area contributed by atoms with E-state index in [-0.39, 0.29) is 57.5 Å². The average Bonchev–Trinajstić information content (AvgIpc) is 2.90. The van der Waals surface area contributed by atoms with Crippen LogP contribution in [0.1, 0.15) is 44.1 Å². The normalized spacial score (nSPS) is 13.5. The maximum absolute atomic E-state index is 13.2. The van der Waals surface area contributed by atoms with Gasteiger partial charge in [-0.3, -0.25) is 29.0 Å². The van der Waals surface area contributed by atoms with Gasteiger partial charge >= 0.3 is 5.97 Å². The quantitative estimate of drug-likeness (QED) is 0.0447. The third kappa shape index (κ3) is 14.3. The predicted molar refractivity (Wildman–Crippen MR) is 148 cm³/mol. The summed E-state index contributed by atoms with van der Waals surface area (Å²) in [5.74, 6) is -5.47. The number of amides is 5. The minimum absolute atomic E-state index is 0.0273. The number of carboxylic acids is 1. The summed E-state index contributed by atoms with van der Waals surface area (Å²) in [4.78, 5) is 76.9. The zero-order valence-electron chi connectivity index (χ0n) is 22.6. The molecule has 0 aromatic heterocycles. The molecule has 4 unspecified atom stereocenters. The number of nitrogens with zero attached hydrogens (tertiary/aromatic N) is 1. The number of guanidine groups is 1. The topological polar surface area (TPSA) is 301 Å². The number of carbonyl (C=O) groups is 6. The Bertz CT molecular complexity index is 1090. The summed E-state index contributed by atoms with van der Waals surface area (Å²) in [5, 5.41) is 16.7. The Balaban J connectivity index is 3.06. The minimum atomic E-state index is -1.46. The molecule has 0 heterocycles. The molecule has 14 N–H and O–H groups in total. The molecule has 0 fully saturated rings. The van der Waals surface area contributed by atoms with Crippen LogP contribution < -0.4 is 44.6 Å². The van der Waals surface area contributed by atoms with Crippen molar-refractivity contribution in [2.24, 2.45) is 33.7 Å².